The van der Waals surface area contributed by atoms with Gasteiger partial charge in [0.1, 0.15) is 0 Å². The van der Waals surface area contributed by atoms with Gasteiger partial charge in [-0.15, -0.1) is 0 Å². The first kappa shape index (κ1) is 13.5. The summed E-state index contributed by atoms with van der Waals surface area (Å²) in [6.07, 6.45) is 1.45. The zero-order valence-electron chi connectivity index (χ0n) is 10.7. The second-order valence-electron chi connectivity index (χ2n) is 5.18. The van der Waals surface area contributed by atoms with Crippen LogP contribution in [0.25, 0.3) is 0 Å². The fourth-order valence-corrected chi connectivity index (χ4v) is 3.71. The molecule has 0 aromatic carbocycles. The third-order valence-corrected chi connectivity index (χ3v) is 4.64. The van der Waals surface area contributed by atoms with Gasteiger partial charge in [-0.05, 0) is 12.3 Å². The molecule has 7 heteroatoms. The molecule has 1 atom stereocenters. The molecule has 1 aliphatic heterocycles. The summed E-state index contributed by atoms with van der Waals surface area (Å²) < 4.78 is 27.7. The molecule has 0 spiro atoms. The number of aromatic nitrogens is 2. The van der Waals surface area contributed by atoms with Gasteiger partial charge in [0.05, 0.1) is 18.1 Å². The lowest BCUT2D eigenvalue weighted by atomic mass is 10.1. The minimum Gasteiger partial charge on any atom is -0.338 e. The summed E-state index contributed by atoms with van der Waals surface area (Å²) in [5.74, 6) is 2.20. The van der Waals surface area contributed by atoms with Crippen molar-refractivity contribution in [1.29, 1.82) is 0 Å². The van der Waals surface area contributed by atoms with Gasteiger partial charge in [0.2, 0.25) is 5.89 Å². The van der Waals surface area contributed by atoms with E-state index in [4.69, 9.17) is 4.52 Å². The van der Waals surface area contributed by atoms with Crippen molar-refractivity contribution in [3.05, 3.63) is 11.7 Å². The zero-order chi connectivity index (χ0) is 13.2. The van der Waals surface area contributed by atoms with Gasteiger partial charge in [-0.1, -0.05) is 19.0 Å². The van der Waals surface area contributed by atoms with Crippen LogP contribution >= 0.6 is 0 Å². The lowest BCUT2D eigenvalue weighted by Crippen LogP contribution is -2.29. The Hall–Kier alpha value is -0.950. The largest absolute Gasteiger partial charge is 0.338 e. The Morgan fingerprint density at radius 3 is 2.89 bits per heavy atom. The molecule has 0 bridgehead atoms. The van der Waals surface area contributed by atoms with Gasteiger partial charge in [-0.25, -0.2) is 8.42 Å². The minimum atomic E-state index is -2.84. The molecule has 1 unspecified atom stereocenters. The van der Waals surface area contributed by atoms with Crippen molar-refractivity contribution < 1.29 is 12.9 Å². The highest BCUT2D eigenvalue weighted by molar-refractivity contribution is 7.91. The van der Waals surface area contributed by atoms with E-state index in [-0.39, 0.29) is 17.5 Å². The summed E-state index contributed by atoms with van der Waals surface area (Å²) in [7, 11) is -2.84. The molecule has 1 fully saturated rings. The molecular formula is C11H19N3O3S. The number of nitrogens with one attached hydrogen (secondary N) is 1. The molecule has 102 valence electrons. The van der Waals surface area contributed by atoms with Gasteiger partial charge in [-0.3, -0.25) is 0 Å². The van der Waals surface area contributed by atoms with Crippen LogP contribution in [-0.2, 0) is 22.8 Å². The lowest BCUT2D eigenvalue weighted by molar-refractivity contribution is 0.354. The molecule has 1 N–H and O–H groups in total. The summed E-state index contributed by atoms with van der Waals surface area (Å²) in [4.78, 5) is 4.26. The molecule has 1 aromatic heterocycles. The first-order valence-corrected chi connectivity index (χ1v) is 8.02. The summed E-state index contributed by atoms with van der Waals surface area (Å²) in [5, 5.41) is 7.03. The maximum atomic E-state index is 11.3. The van der Waals surface area contributed by atoms with Crippen LogP contribution in [0.4, 0.5) is 0 Å². The average Bonchev–Trinajstić information content (AvgIpc) is 2.81. The van der Waals surface area contributed by atoms with Crippen molar-refractivity contribution >= 4 is 9.84 Å². The van der Waals surface area contributed by atoms with Crippen LogP contribution in [-0.4, -0.2) is 36.1 Å². The predicted molar refractivity (Wildman–Crippen MR) is 66.7 cm³/mol. The summed E-state index contributed by atoms with van der Waals surface area (Å²) in [6.45, 7) is 4.63. The smallest absolute Gasteiger partial charge is 0.240 e. The Bertz CT molecular complexity index is 495. The maximum absolute atomic E-state index is 11.3. The van der Waals surface area contributed by atoms with Crippen molar-refractivity contribution in [3.8, 4) is 0 Å². The second kappa shape index (κ2) is 5.36. The zero-order valence-corrected chi connectivity index (χ0v) is 11.5. The van der Waals surface area contributed by atoms with Crippen molar-refractivity contribution in [3.63, 3.8) is 0 Å². The summed E-state index contributed by atoms with van der Waals surface area (Å²) in [6, 6.07) is 0.00967. The van der Waals surface area contributed by atoms with Gasteiger partial charge >= 0.3 is 0 Å². The molecule has 1 aromatic rings. The standard InChI is InChI=1S/C11H19N3O3S/c1-8(2)5-10-13-11(17-14-10)6-12-9-3-4-18(15,16)7-9/h8-9,12H,3-7H2,1-2H3. The molecule has 0 aliphatic carbocycles. The quantitative estimate of drug-likeness (QED) is 0.843. The minimum absolute atomic E-state index is 0.00967. The molecular weight excluding hydrogens is 254 g/mol. The first-order valence-electron chi connectivity index (χ1n) is 6.20. The van der Waals surface area contributed by atoms with E-state index in [0.29, 0.717) is 30.6 Å². The van der Waals surface area contributed by atoms with Crippen molar-refractivity contribution in [2.24, 2.45) is 5.92 Å². The molecule has 2 rings (SSSR count). The molecule has 18 heavy (non-hydrogen) atoms. The topological polar surface area (TPSA) is 85.1 Å². The van der Waals surface area contributed by atoms with E-state index in [0.717, 1.165) is 6.42 Å². The first-order chi connectivity index (χ1) is 8.44. The highest BCUT2D eigenvalue weighted by Crippen LogP contribution is 2.12. The molecule has 0 radical (unpaired) electrons. The number of hydrogen-bond donors (Lipinski definition) is 1. The van der Waals surface area contributed by atoms with E-state index >= 15 is 0 Å². The average molecular weight is 273 g/mol. The number of hydrogen-bond acceptors (Lipinski definition) is 6. The van der Waals surface area contributed by atoms with Crippen LogP contribution in [0.15, 0.2) is 4.52 Å². The molecule has 1 saturated heterocycles. The summed E-state index contributed by atoms with van der Waals surface area (Å²) in [5.41, 5.74) is 0. The highest BCUT2D eigenvalue weighted by Gasteiger charge is 2.27. The van der Waals surface area contributed by atoms with Crippen LogP contribution in [0.3, 0.4) is 0 Å². The van der Waals surface area contributed by atoms with E-state index in [2.05, 4.69) is 29.3 Å². The van der Waals surface area contributed by atoms with Gasteiger partial charge in [0.15, 0.2) is 15.7 Å². The Labute approximate surface area is 107 Å². The van der Waals surface area contributed by atoms with E-state index in [1.165, 1.54) is 0 Å². The Morgan fingerprint density at radius 2 is 2.28 bits per heavy atom. The monoisotopic (exact) mass is 273 g/mol. The van der Waals surface area contributed by atoms with Crippen molar-refractivity contribution in [1.82, 2.24) is 15.5 Å². The van der Waals surface area contributed by atoms with Crippen molar-refractivity contribution in [2.45, 2.75) is 39.3 Å². The van der Waals surface area contributed by atoms with Gasteiger partial charge < -0.3 is 9.84 Å². The fraction of sp³-hybridized carbons (Fsp3) is 0.818. The van der Waals surface area contributed by atoms with Crippen LogP contribution in [0, 0.1) is 5.92 Å². The highest BCUT2D eigenvalue weighted by atomic mass is 32.2. The SMILES string of the molecule is CC(C)Cc1noc(CNC2CCS(=O)(=O)C2)n1. The molecule has 2 heterocycles. The van der Waals surface area contributed by atoms with Crippen LogP contribution in [0.2, 0.25) is 0 Å². The molecule has 6 nitrogen and oxygen atoms in total. The Kier molecular flexibility index (Phi) is 4.01. The second-order valence-corrected chi connectivity index (χ2v) is 7.41. The fourth-order valence-electron chi connectivity index (χ4n) is 2.00. The maximum Gasteiger partial charge on any atom is 0.240 e. The van der Waals surface area contributed by atoms with Gasteiger partial charge in [0.25, 0.3) is 0 Å². The van der Waals surface area contributed by atoms with Gasteiger partial charge in [-0.2, -0.15) is 4.98 Å². The lowest BCUT2D eigenvalue weighted by Gasteiger charge is -2.07. The van der Waals surface area contributed by atoms with E-state index in [9.17, 15) is 8.42 Å². The number of sulfone groups is 1. The number of nitrogens with zero attached hydrogens (tertiary/aromatic N) is 2. The number of rotatable bonds is 5. The van der Waals surface area contributed by atoms with Crippen LogP contribution in [0.1, 0.15) is 32.0 Å². The van der Waals surface area contributed by atoms with E-state index < -0.39 is 9.84 Å². The Morgan fingerprint density at radius 1 is 1.50 bits per heavy atom. The van der Waals surface area contributed by atoms with Crippen LogP contribution < -0.4 is 5.32 Å². The molecule has 1 aliphatic rings. The van der Waals surface area contributed by atoms with Crippen molar-refractivity contribution in [2.75, 3.05) is 11.5 Å². The predicted octanol–water partition coefficient (Wildman–Crippen LogP) is 0.545. The van der Waals surface area contributed by atoms with Gasteiger partial charge in [0, 0.05) is 12.5 Å². The van der Waals surface area contributed by atoms with E-state index in [1.54, 1.807) is 0 Å². The third-order valence-electron chi connectivity index (χ3n) is 2.88. The third kappa shape index (κ3) is 3.78. The molecule has 0 saturated carbocycles. The normalized spacial score (nSPS) is 22.7. The summed E-state index contributed by atoms with van der Waals surface area (Å²) >= 11 is 0. The Balaban J connectivity index is 1.82. The molecule has 0 amide bonds. The van der Waals surface area contributed by atoms with Crippen LogP contribution in [0.5, 0.6) is 0 Å². The van der Waals surface area contributed by atoms with E-state index in [1.807, 2.05) is 0 Å².